The fourth-order valence-electron chi connectivity index (χ4n) is 3.17. The molecule has 0 fully saturated rings. The third-order valence-corrected chi connectivity index (χ3v) is 6.04. The molecular weight excluding hydrogens is 418 g/mol. The number of carbonyl (C=O) groups is 2. The third kappa shape index (κ3) is 6.66. The summed E-state index contributed by atoms with van der Waals surface area (Å²) in [5, 5.41) is 4.03. The summed E-state index contributed by atoms with van der Waals surface area (Å²) in [6.45, 7) is 4.05. The molecule has 0 bridgehead atoms. The van der Waals surface area contributed by atoms with Crippen LogP contribution in [-0.2, 0) is 4.84 Å². The van der Waals surface area contributed by atoms with Crippen LogP contribution in [0.2, 0.25) is 0 Å². The van der Waals surface area contributed by atoms with Crippen LogP contribution in [0.15, 0.2) is 99.9 Å². The van der Waals surface area contributed by atoms with Crippen molar-refractivity contribution in [2.75, 3.05) is 0 Å². The van der Waals surface area contributed by atoms with Gasteiger partial charge in [0.05, 0.1) is 5.56 Å². The maximum absolute atomic E-state index is 13.2. The van der Waals surface area contributed by atoms with Crippen molar-refractivity contribution in [3.05, 3.63) is 96.1 Å². The highest BCUT2D eigenvalue weighted by Gasteiger charge is 2.22. The van der Waals surface area contributed by atoms with E-state index in [2.05, 4.69) is 12.1 Å². The highest BCUT2D eigenvalue weighted by molar-refractivity contribution is 7.99. The van der Waals surface area contributed by atoms with Crippen molar-refractivity contribution in [2.45, 2.75) is 42.9 Å². The summed E-state index contributed by atoms with van der Waals surface area (Å²) in [5.41, 5.74) is 1.19. The van der Waals surface area contributed by atoms with Crippen molar-refractivity contribution in [3.63, 3.8) is 0 Å². The third-order valence-electron chi connectivity index (χ3n) is 5.02. The SMILES string of the molecule is CCCCC(C)/C(=N\OC(=O)c1ccccc1)C(=O)c1ccc(Sc2ccccc2)cc1. The Morgan fingerprint density at radius 3 is 2.06 bits per heavy atom. The van der Waals surface area contributed by atoms with Gasteiger partial charge in [0.2, 0.25) is 5.78 Å². The molecule has 0 amide bonds. The molecule has 0 saturated carbocycles. The molecule has 164 valence electrons. The monoisotopic (exact) mass is 445 g/mol. The number of unbranched alkanes of at least 4 members (excludes halogenated alkanes) is 1. The van der Waals surface area contributed by atoms with Gasteiger partial charge in [-0.15, -0.1) is 0 Å². The number of nitrogens with zero attached hydrogens (tertiary/aromatic N) is 1. The van der Waals surface area contributed by atoms with Gasteiger partial charge in [0.1, 0.15) is 5.71 Å². The number of carbonyl (C=O) groups excluding carboxylic acids is 2. The Labute approximate surface area is 193 Å². The topological polar surface area (TPSA) is 55.7 Å². The number of hydrogen-bond donors (Lipinski definition) is 0. The lowest BCUT2D eigenvalue weighted by molar-refractivity contribution is 0.0513. The largest absolute Gasteiger partial charge is 0.365 e. The van der Waals surface area contributed by atoms with Crippen LogP contribution in [0, 0.1) is 5.92 Å². The average Bonchev–Trinajstić information content (AvgIpc) is 2.84. The van der Waals surface area contributed by atoms with Crippen LogP contribution in [0.1, 0.15) is 53.8 Å². The van der Waals surface area contributed by atoms with E-state index in [0.29, 0.717) is 11.1 Å². The van der Waals surface area contributed by atoms with E-state index in [0.717, 1.165) is 29.1 Å². The molecule has 0 saturated heterocycles. The molecule has 5 heteroatoms. The van der Waals surface area contributed by atoms with E-state index in [-0.39, 0.29) is 17.4 Å². The summed E-state index contributed by atoms with van der Waals surface area (Å²) >= 11 is 1.63. The molecule has 0 N–H and O–H groups in total. The predicted octanol–water partition coefficient (Wildman–Crippen LogP) is 7.06. The minimum absolute atomic E-state index is 0.121. The molecule has 1 atom stereocenters. The van der Waals surface area contributed by atoms with Crippen LogP contribution in [0.4, 0.5) is 0 Å². The van der Waals surface area contributed by atoms with Gasteiger partial charge in [-0.1, -0.05) is 80.0 Å². The second-order valence-electron chi connectivity index (χ2n) is 7.53. The summed E-state index contributed by atoms with van der Waals surface area (Å²) in [5.74, 6) is -0.914. The fraction of sp³-hybridized carbons (Fsp3) is 0.222. The van der Waals surface area contributed by atoms with E-state index in [9.17, 15) is 9.59 Å². The predicted molar refractivity (Wildman–Crippen MR) is 129 cm³/mol. The average molecular weight is 446 g/mol. The summed E-state index contributed by atoms with van der Waals surface area (Å²) in [6.07, 6.45) is 2.78. The summed E-state index contributed by atoms with van der Waals surface area (Å²) in [7, 11) is 0. The van der Waals surface area contributed by atoms with E-state index >= 15 is 0 Å². The minimum Gasteiger partial charge on any atom is -0.312 e. The molecule has 3 rings (SSSR count). The molecule has 0 spiro atoms. The number of hydrogen-bond acceptors (Lipinski definition) is 5. The molecular formula is C27H27NO3S. The van der Waals surface area contributed by atoms with Crippen molar-refractivity contribution in [1.29, 1.82) is 0 Å². The van der Waals surface area contributed by atoms with Crippen molar-refractivity contribution < 1.29 is 14.4 Å². The van der Waals surface area contributed by atoms with Crippen LogP contribution in [-0.4, -0.2) is 17.5 Å². The number of benzene rings is 3. The van der Waals surface area contributed by atoms with Gasteiger partial charge < -0.3 is 4.84 Å². The van der Waals surface area contributed by atoms with E-state index in [1.807, 2.05) is 55.5 Å². The van der Waals surface area contributed by atoms with E-state index in [1.54, 1.807) is 48.2 Å². The lowest BCUT2D eigenvalue weighted by Crippen LogP contribution is -2.23. The number of oxime groups is 1. The lowest BCUT2D eigenvalue weighted by Gasteiger charge is -2.13. The van der Waals surface area contributed by atoms with Crippen molar-refractivity contribution >= 4 is 29.2 Å². The highest BCUT2D eigenvalue weighted by Crippen LogP contribution is 2.27. The first-order chi connectivity index (χ1) is 15.6. The van der Waals surface area contributed by atoms with Crippen LogP contribution in [0.25, 0.3) is 0 Å². The molecule has 32 heavy (non-hydrogen) atoms. The van der Waals surface area contributed by atoms with Gasteiger partial charge in [0.15, 0.2) is 0 Å². The summed E-state index contributed by atoms with van der Waals surface area (Å²) < 4.78 is 0. The van der Waals surface area contributed by atoms with Gasteiger partial charge in [-0.2, -0.15) is 0 Å². The first kappa shape index (κ1) is 23.5. The summed E-state index contributed by atoms with van der Waals surface area (Å²) in [6, 6.07) is 26.2. The second-order valence-corrected chi connectivity index (χ2v) is 8.68. The van der Waals surface area contributed by atoms with Crippen molar-refractivity contribution in [2.24, 2.45) is 11.1 Å². The Balaban J connectivity index is 1.77. The molecule has 0 aliphatic carbocycles. The molecule has 4 nitrogen and oxygen atoms in total. The summed E-state index contributed by atoms with van der Waals surface area (Å²) in [4.78, 5) is 32.9. The Bertz CT molecular complexity index is 1050. The molecule has 0 heterocycles. The first-order valence-electron chi connectivity index (χ1n) is 10.8. The zero-order valence-corrected chi connectivity index (χ0v) is 19.2. The van der Waals surface area contributed by atoms with Crippen molar-refractivity contribution in [1.82, 2.24) is 0 Å². The molecule has 0 aliphatic heterocycles. The van der Waals surface area contributed by atoms with Gasteiger partial charge in [0.25, 0.3) is 0 Å². The molecule has 3 aromatic carbocycles. The number of rotatable bonds is 10. The zero-order valence-electron chi connectivity index (χ0n) is 18.4. The Morgan fingerprint density at radius 1 is 0.844 bits per heavy atom. The molecule has 0 radical (unpaired) electrons. The minimum atomic E-state index is -0.576. The fourth-order valence-corrected chi connectivity index (χ4v) is 4.00. The Kier molecular flexibility index (Phi) is 8.81. The van der Waals surface area contributed by atoms with Gasteiger partial charge in [-0.05, 0) is 55.0 Å². The van der Waals surface area contributed by atoms with Gasteiger partial charge >= 0.3 is 5.97 Å². The smallest absolute Gasteiger partial charge is 0.312 e. The van der Waals surface area contributed by atoms with E-state index in [1.165, 1.54) is 0 Å². The number of ketones is 1. The zero-order chi connectivity index (χ0) is 22.8. The normalized spacial score (nSPS) is 12.2. The highest BCUT2D eigenvalue weighted by atomic mass is 32.2. The second kappa shape index (κ2) is 12.0. The quantitative estimate of drug-likeness (QED) is 0.145. The molecule has 0 aromatic heterocycles. The molecule has 1 unspecified atom stereocenters. The molecule has 0 aliphatic rings. The standard InChI is InChI=1S/C27H27NO3S/c1-3-4-11-20(2)25(28-31-27(30)22-12-7-5-8-13-22)26(29)21-16-18-24(19-17-21)32-23-14-9-6-10-15-23/h5-10,12-20H,3-4,11H2,1-2H3/b28-25+. The van der Waals surface area contributed by atoms with E-state index in [4.69, 9.17) is 4.84 Å². The maximum atomic E-state index is 13.2. The lowest BCUT2D eigenvalue weighted by atomic mass is 9.93. The Morgan fingerprint density at radius 2 is 1.44 bits per heavy atom. The van der Waals surface area contributed by atoms with E-state index < -0.39 is 5.97 Å². The van der Waals surface area contributed by atoms with Crippen LogP contribution in [0.5, 0.6) is 0 Å². The van der Waals surface area contributed by atoms with Gasteiger partial charge in [-0.25, -0.2) is 4.79 Å². The molecule has 3 aromatic rings. The van der Waals surface area contributed by atoms with Crippen LogP contribution >= 0.6 is 11.8 Å². The van der Waals surface area contributed by atoms with Gasteiger partial charge in [0, 0.05) is 21.3 Å². The number of Topliss-reactive ketones (excluding diaryl/α,β-unsaturated/α-hetero) is 1. The van der Waals surface area contributed by atoms with Crippen LogP contribution in [0.3, 0.4) is 0 Å². The Hall–Kier alpha value is -3.18. The van der Waals surface area contributed by atoms with Crippen LogP contribution < -0.4 is 0 Å². The van der Waals surface area contributed by atoms with Gasteiger partial charge in [-0.3, -0.25) is 4.79 Å². The van der Waals surface area contributed by atoms with Crippen molar-refractivity contribution in [3.8, 4) is 0 Å². The maximum Gasteiger partial charge on any atom is 0.365 e. The first-order valence-corrected chi connectivity index (χ1v) is 11.6.